The lowest BCUT2D eigenvalue weighted by Crippen LogP contribution is -2.38. The monoisotopic (exact) mass is 499 g/mol. The molecule has 0 spiro atoms. The number of rotatable bonds is 7. The maximum atomic E-state index is 13.0. The average molecular weight is 500 g/mol. The highest BCUT2D eigenvalue weighted by atomic mass is 32.2. The minimum absolute atomic E-state index is 0.0113. The molecule has 3 aromatic rings. The van der Waals surface area contributed by atoms with E-state index in [1.165, 1.54) is 25.1 Å². The number of amides is 1. The number of thioether (sulfide) groups is 1. The van der Waals surface area contributed by atoms with Gasteiger partial charge in [0, 0.05) is 26.1 Å². The molecule has 2 aromatic heterocycles. The van der Waals surface area contributed by atoms with E-state index in [0.29, 0.717) is 33.7 Å². The zero-order valence-corrected chi connectivity index (χ0v) is 21.1. The fraction of sp³-hybridized carbons (Fsp3) is 0.458. The minimum Gasteiger partial charge on any atom is -0.497 e. The summed E-state index contributed by atoms with van der Waals surface area (Å²) in [7, 11) is 6.09. The van der Waals surface area contributed by atoms with Gasteiger partial charge in [0.2, 0.25) is 5.91 Å². The van der Waals surface area contributed by atoms with Gasteiger partial charge in [-0.3, -0.25) is 18.7 Å². The molecule has 0 unspecified atom stereocenters. The van der Waals surface area contributed by atoms with Crippen molar-refractivity contribution >= 4 is 34.4 Å². The Morgan fingerprint density at radius 1 is 1.09 bits per heavy atom. The molecule has 0 radical (unpaired) electrons. The molecule has 35 heavy (non-hydrogen) atoms. The zero-order chi connectivity index (χ0) is 25.1. The molecule has 2 heterocycles. The van der Waals surface area contributed by atoms with Gasteiger partial charge in [-0.25, -0.2) is 14.8 Å². The van der Waals surface area contributed by atoms with Crippen LogP contribution >= 0.6 is 11.8 Å². The summed E-state index contributed by atoms with van der Waals surface area (Å²) in [6.07, 6.45) is 5.30. The number of methoxy groups -OCH3 is 2. The quantitative estimate of drug-likeness (QED) is 0.390. The Kier molecular flexibility index (Phi) is 7.44. The Morgan fingerprint density at radius 2 is 1.83 bits per heavy atom. The Balaban J connectivity index is 1.67. The number of nitrogens with zero attached hydrogens (tertiary/aromatic N) is 4. The molecule has 1 N–H and O–H groups in total. The lowest BCUT2D eigenvalue weighted by atomic mass is 9.89. The first-order valence-corrected chi connectivity index (χ1v) is 12.4. The molecule has 0 aliphatic heterocycles. The van der Waals surface area contributed by atoms with Crippen LogP contribution in [-0.4, -0.2) is 45.0 Å². The smallest absolute Gasteiger partial charge is 0.332 e. The zero-order valence-electron chi connectivity index (χ0n) is 20.3. The van der Waals surface area contributed by atoms with Gasteiger partial charge < -0.3 is 14.8 Å². The van der Waals surface area contributed by atoms with Gasteiger partial charge in [-0.05, 0) is 25.0 Å². The Hall–Kier alpha value is -3.34. The van der Waals surface area contributed by atoms with Crippen molar-refractivity contribution in [1.29, 1.82) is 0 Å². The summed E-state index contributed by atoms with van der Waals surface area (Å²) in [5.41, 5.74) is -0.116. The molecule has 0 bridgehead atoms. The van der Waals surface area contributed by atoms with Gasteiger partial charge >= 0.3 is 5.69 Å². The van der Waals surface area contributed by atoms with Crippen LogP contribution in [0.15, 0.2) is 32.8 Å². The lowest BCUT2D eigenvalue weighted by molar-refractivity contribution is -0.113. The van der Waals surface area contributed by atoms with Gasteiger partial charge in [0.15, 0.2) is 5.65 Å². The number of carbonyl (C=O) groups excluding carboxylic acids is 1. The molecule has 1 fully saturated rings. The average Bonchev–Trinajstić information content (AvgIpc) is 2.89. The van der Waals surface area contributed by atoms with Crippen LogP contribution in [0, 0.1) is 0 Å². The Labute approximate surface area is 206 Å². The Morgan fingerprint density at radius 3 is 2.51 bits per heavy atom. The first-order chi connectivity index (χ1) is 16.8. The molecular formula is C24H29N5O5S. The lowest BCUT2D eigenvalue weighted by Gasteiger charge is -2.21. The fourth-order valence-electron chi connectivity index (χ4n) is 4.31. The first-order valence-electron chi connectivity index (χ1n) is 11.5. The van der Waals surface area contributed by atoms with Crippen LogP contribution in [0.25, 0.3) is 11.0 Å². The second-order valence-electron chi connectivity index (χ2n) is 8.53. The highest BCUT2D eigenvalue weighted by Crippen LogP contribution is 2.33. The summed E-state index contributed by atoms with van der Waals surface area (Å²) in [6, 6.07) is 5.11. The number of benzene rings is 1. The third-order valence-electron chi connectivity index (χ3n) is 6.28. The number of hydrogen-bond donors (Lipinski definition) is 1. The molecule has 11 heteroatoms. The molecule has 0 saturated heterocycles. The van der Waals surface area contributed by atoms with Gasteiger partial charge in [0.1, 0.15) is 27.7 Å². The summed E-state index contributed by atoms with van der Waals surface area (Å²) in [6.45, 7) is 0. The summed E-state index contributed by atoms with van der Waals surface area (Å²) in [4.78, 5) is 47.8. The summed E-state index contributed by atoms with van der Waals surface area (Å²) >= 11 is 1.16. The van der Waals surface area contributed by atoms with Crippen LogP contribution in [0.4, 0.5) is 5.69 Å². The second-order valence-corrected chi connectivity index (χ2v) is 9.49. The maximum absolute atomic E-state index is 13.0. The van der Waals surface area contributed by atoms with Crippen molar-refractivity contribution in [2.75, 3.05) is 25.3 Å². The highest BCUT2D eigenvalue weighted by molar-refractivity contribution is 8.00. The van der Waals surface area contributed by atoms with Crippen molar-refractivity contribution in [3.05, 3.63) is 44.9 Å². The van der Waals surface area contributed by atoms with E-state index < -0.39 is 11.2 Å². The molecule has 1 aromatic carbocycles. The van der Waals surface area contributed by atoms with Gasteiger partial charge in [-0.2, -0.15) is 0 Å². The van der Waals surface area contributed by atoms with Crippen LogP contribution < -0.4 is 26.0 Å². The van der Waals surface area contributed by atoms with Crippen molar-refractivity contribution in [2.24, 2.45) is 14.1 Å². The van der Waals surface area contributed by atoms with E-state index in [1.807, 2.05) is 0 Å². The minimum atomic E-state index is -0.474. The molecule has 1 saturated carbocycles. The van der Waals surface area contributed by atoms with Gasteiger partial charge in [0.25, 0.3) is 5.56 Å². The Bertz CT molecular complexity index is 1380. The fourth-order valence-corrected chi connectivity index (χ4v) is 5.14. The van der Waals surface area contributed by atoms with Crippen LogP contribution in [0.1, 0.15) is 43.8 Å². The van der Waals surface area contributed by atoms with Crippen molar-refractivity contribution in [2.45, 2.75) is 43.0 Å². The van der Waals surface area contributed by atoms with E-state index in [2.05, 4.69) is 10.3 Å². The standard InChI is InChI=1S/C24H29N5O5S/c1-28-21-19(23(31)29(2)24(28)32)22(27-20(26-21)14-8-6-5-7-9-14)35-13-18(30)25-16-11-10-15(33-3)12-17(16)34-4/h10-12,14H,5-9,13H2,1-4H3,(H,25,30). The molecule has 186 valence electrons. The summed E-state index contributed by atoms with van der Waals surface area (Å²) in [5, 5.41) is 3.48. The topological polar surface area (TPSA) is 117 Å². The van der Waals surface area contributed by atoms with Crippen LogP contribution in [0.3, 0.4) is 0 Å². The predicted octanol–water partition coefficient (Wildman–Crippen LogP) is 2.82. The van der Waals surface area contributed by atoms with Crippen LogP contribution in [-0.2, 0) is 18.9 Å². The molecule has 4 rings (SSSR count). The van der Waals surface area contributed by atoms with Gasteiger partial charge in [-0.1, -0.05) is 31.0 Å². The number of fused-ring (bicyclic) bond motifs is 1. The van der Waals surface area contributed by atoms with Gasteiger partial charge in [-0.15, -0.1) is 0 Å². The van der Waals surface area contributed by atoms with Crippen LogP contribution in [0.5, 0.6) is 11.5 Å². The first kappa shape index (κ1) is 24.8. The van der Waals surface area contributed by atoms with E-state index in [0.717, 1.165) is 42.0 Å². The van der Waals surface area contributed by atoms with Crippen molar-refractivity contribution in [3.63, 3.8) is 0 Å². The molecule has 1 aliphatic rings. The second kappa shape index (κ2) is 10.5. The molecule has 1 amide bonds. The predicted molar refractivity (Wildman–Crippen MR) is 135 cm³/mol. The number of aromatic nitrogens is 4. The number of anilines is 1. The van der Waals surface area contributed by atoms with Crippen LogP contribution in [0.2, 0.25) is 0 Å². The third kappa shape index (κ3) is 5.04. The van der Waals surface area contributed by atoms with Crippen molar-refractivity contribution in [3.8, 4) is 11.5 Å². The normalized spacial score (nSPS) is 14.2. The largest absolute Gasteiger partial charge is 0.497 e. The van der Waals surface area contributed by atoms with Gasteiger partial charge in [0.05, 0.1) is 25.7 Å². The number of ether oxygens (including phenoxy) is 2. The van der Waals surface area contributed by atoms with E-state index >= 15 is 0 Å². The number of hydrogen-bond acceptors (Lipinski definition) is 8. The highest BCUT2D eigenvalue weighted by Gasteiger charge is 2.24. The molecule has 0 atom stereocenters. The van der Waals surface area contributed by atoms with E-state index in [9.17, 15) is 14.4 Å². The van der Waals surface area contributed by atoms with E-state index in [-0.39, 0.29) is 23.0 Å². The number of aryl methyl sites for hydroxylation is 1. The summed E-state index contributed by atoms with van der Waals surface area (Å²) < 4.78 is 13.0. The molecule has 10 nitrogen and oxygen atoms in total. The van der Waals surface area contributed by atoms with E-state index in [4.69, 9.17) is 14.5 Å². The van der Waals surface area contributed by atoms with E-state index in [1.54, 1.807) is 32.4 Å². The summed E-state index contributed by atoms with van der Waals surface area (Å²) in [5.74, 6) is 1.60. The van der Waals surface area contributed by atoms with Crippen molar-refractivity contribution < 1.29 is 14.3 Å². The maximum Gasteiger partial charge on any atom is 0.332 e. The molecular weight excluding hydrogens is 470 g/mol. The number of carbonyl (C=O) groups is 1. The molecule has 1 aliphatic carbocycles. The van der Waals surface area contributed by atoms with Crippen molar-refractivity contribution in [1.82, 2.24) is 19.1 Å². The third-order valence-corrected chi connectivity index (χ3v) is 7.25. The SMILES string of the molecule is COc1ccc(NC(=O)CSc2nc(C3CCCCC3)nc3c2c(=O)n(C)c(=O)n3C)c(OC)c1. The number of nitrogens with one attached hydrogen (secondary N) is 1.